The highest BCUT2D eigenvalue weighted by molar-refractivity contribution is 5.71. The van der Waals surface area contributed by atoms with E-state index in [4.69, 9.17) is 9.84 Å². The van der Waals surface area contributed by atoms with Gasteiger partial charge in [0.2, 0.25) is 0 Å². The summed E-state index contributed by atoms with van der Waals surface area (Å²) < 4.78 is 5.05. The largest absolute Gasteiger partial charge is 0.496 e. The molecular weight excluding hydrogens is 264 g/mol. The first-order valence-corrected chi connectivity index (χ1v) is 6.23. The summed E-state index contributed by atoms with van der Waals surface area (Å²) >= 11 is 0. The number of nitrogens with zero attached hydrogens (tertiary/aromatic N) is 2. The van der Waals surface area contributed by atoms with E-state index < -0.39 is 16.8 Å². The minimum Gasteiger partial charge on any atom is -0.496 e. The Morgan fingerprint density at radius 1 is 1.50 bits per heavy atom. The van der Waals surface area contributed by atoms with Crippen LogP contribution in [0.3, 0.4) is 0 Å². The van der Waals surface area contributed by atoms with Gasteiger partial charge < -0.3 is 14.7 Å². The Labute approximate surface area is 115 Å². The van der Waals surface area contributed by atoms with Gasteiger partial charge in [-0.3, -0.25) is 14.9 Å². The quantitative estimate of drug-likeness (QED) is 0.652. The molecule has 0 aromatic heterocycles. The van der Waals surface area contributed by atoms with Crippen LogP contribution in [0.1, 0.15) is 6.92 Å². The van der Waals surface area contributed by atoms with Gasteiger partial charge in [0, 0.05) is 36.8 Å². The Balaban J connectivity index is 2.13. The van der Waals surface area contributed by atoms with Crippen LogP contribution < -0.4 is 9.64 Å². The van der Waals surface area contributed by atoms with Crippen molar-refractivity contribution in [2.45, 2.75) is 6.92 Å². The lowest BCUT2D eigenvalue weighted by Gasteiger charge is -2.42. The summed E-state index contributed by atoms with van der Waals surface area (Å²) in [6, 6.07) is 4.56. The second kappa shape index (κ2) is 5.36. The number of carboxylic acids is 1. The number of hydrogen-bond donors (Lipinski definition) is 1. The van der Waals surface area contributed by atoms with Crippen LogP contribution in [-0.4, -0.2) is 36.2 Å². The minimum absolute atomic E-state index is 0.0333. The smallest absolute Gasteiger partial charge is 0.306 e. The highest BCUT2D eigenvalue weighted by Crippen LogP contribution is 2.34. The van der Waals surface area contributed by atoms with Crippen molar-refractivity contribution in [2.75, 3.05) is 25.1 Å². The molecule has 1 aromatic rings. The molecule has 1 heterocycles. The number of nitro groups is 1. The van der Waals surface area contributed by atoms with Gasteiger partial charge in [0.1, 0.15) is 5.75 Å². The molecular formula is C13H16N2O5. The lowest BCUT2D eigenvalue weighted by atomic mass is 9.86. The Morgan fingerprint density at radius 2 is 2.15 bits per heavy atom. The molecule has 1 unspecified atom stereocenters. The molecule has 0 radical (unpaired) electrons. The molecule has 1 N–H and O–H groups in total. The summed E-state index contributed by atoms with van der Waals surface area (Å²) in [5.74, 6) is -0.736. The third kappa shape index (κ3) is 2.66. The SMILES string of the molecule is COc1cc(N2CC(C(C)C(=O)O)C2)cc([N+](=O)[O-])c1. The average molecular weight is 280 g/mol. The molecule has 1 saturated heterocycles. The van der Waals surface area contributed by atoms with Gasteiger partial charge in [-0.25, -0.2) is 0 Å². The molecule has 20 heavy (non-hydrogen) atoms. The number of non-ortho nitro benzene ring substituents is 1. The molecule has 2 rings (SSSR count). The number of ether oxygens (including phenoxy) is 1. The lowest BCUT2D eigenvalue weighted by Crippen LogP contribution is -2.51. The predicted octanol–water partition coefficient (Wildman–Crippen LogP) is 1.76. The van der Waals surface area contributed by atoms with Crippen LogP contribution in [-0.2, 0) is 4.79 Å². The number of carbonyl (C=O) groups is 1. The van der Waals surface area contributed by atoms with Crippen LogP contribution in [0.4, 0.5) is 11.4 Å². The van der Waals surface area contributed by atoms with Gasteiger partial charge in [-0.15, -0.1) is 0 Å². The van der Waals surface area contributed by atoms with E-state index in [0.29, 0.717) is 24.5 Å². The minimum atomic E-state index is -0.814. The lowest BCUT2D eigenvalue weighted by molar-refractivity contribution is -0.384. The average Bonchev–Trinajstić information content (AvgIpc) is 2.36. The van der Waals surface area contributed by atoms with Gasteiger partial charge in [0.15, 0.2) is 0 Å². The standard InChI is InChI=1S/C13H16N2O5/c1-8(13(16)17)9-6-14(7-9)10-3-11(15(18)19)5-12(4-10)20-2/h3-5,8-9H,6-7H2,1-2H3,(H,16,17). The number of methoxy groups -OCH3 is 1. The van der Waals surface area contributed by atoms with Crippen LogP contribution in [0, 0.1) is 22.0 Å². The van der Waals surface area contributed by atoms with E-state index >= 15 is 0 Å². The topological polar surface area (TPSA) is 92.9 Å². The molecule has 1 aliphatic heterocycles. The number of hydrogen-bond acceptors (Lipinski definition) is 5. The number of rotatable bonds is 5. The molecule has 7 heteroatoms. The molecule has 1 fully saturated rings. The highest BCUT2D eigenvalue weighted by Gasteiger charge is 2.35. The van der Waals surface area contributed by atoms with Crippen molar-refractivity contribution in [1.82, 2.24) is 0 Å². The zero-order valence-electron chi connectivity index (χ0n) is 11.3. The molecule has 108 valence electrons. The maximum absolute atomic E-state index is 10.9. The first-order valence-electron chi connectivity index (χ1n) is 6.23. The van der Waals surface area contributed by atoms with Crippen LogP contribution in [0.2, 0.25) is 0 Å². The maximum atomic E-state index is 10.9. The normalized spacial score (nSPS) is 16.4. The predicted molar refractivity (Wildman–Crippen MR) is 72.2 cm³/mol. The van der Waals surface area contributed by atoms with Gasteiger partial charge in [-0.2, -0.15) is 0 Å². The van der Waals surface area contributed by atoms with Gasteiger partial charge in [0.05, 0.1) is 24.0 Å². The Kier molecular flexibility index (Phi) is 3.78. The van der Waals surface area contributed by atoms with E-state index in [1.54, 1.807) is 13.0 Å². The van der Waals surface area contributed by atoms with E-state index in [1.807, 2.05) is 4.90 Å². The molecule has 0 aliphatic carbocycles. The van der Waals surface area contributed by atoms with Gasteiger partial charge >= 0.3 is 5.97 Å². The Morgan fingerprint density at radius 3 is 2.65 bits per heavy atom. The van der Waals surface area contributed by atoms with E-state index in [9.17, 15) is 14.9 Å². The summed E-state index contributed by atoms with van der Waals surface area (Å²) in [6.45, 7) is 2.84. The third-order valence-electron chi connectivity index (χ3n) is 3.69. The second-order valence-corrected chi connectivity index (χ2v) is 4.94. The van der Waals surface area contributed by atoms with E-state index in [0.717, 1.165) is 0 Å². The van der Waals surface area contributed by atoms with Crippen molar-refractivity contribution >= 4 is 17.3 Å². The summed E-state index contributed by atoms with van der Waals surface area (Å²) in [4.78, 5) is 23.2. The van der Waals surface area contributed by atoms with E-state index in [-0.39, 0.29) is 11.6 Å². The summed E-state index contributed by atoms with van der Waals surface area (Å²) in [7, 11) is 1.45. The highest BCUT2D eigenvalue weighted by atomic mass is 16.6. The van der Waals surface area contributed by atoms with Crippen molar-refractivity contribution in [2.24, 2.45) is 11.8 Å². The monoisotopic (exact) mass is 280 g/mol. The fourth-order valence-electron chi connectivity index (χ4n) is 2.22. The first-order chi connectivity index (χ1) is 9.42. The molecule has 0 bridgehead atoms. The number of benzene rings is 1. The fraction of sp³-hybridized carbons (Fsp3) is 0.462. The number of anilines is 1. The zero-order chi connectivity index (χ0) is 14.9. The van der Waals surface area contributed by atoms with Crippen molar-refractivity contribution in [3.8, 4) is 5.75 Å². The maximum Gasteiger partial charge on any atom is 0.306 e. The molecule has 0 saturated carbocycles. The molecule has 7 nitrogen and oxygen atoms in total. The van der Waals surface area contributed by atoms with Crippen molar-refractivity contribution in [1.29, 1.82) is 0 Å². The van der Waals surface area contributed by atoms with Crippen LogP contribution in [0.15, 0.2) is 18.2 Å². The Hall–Kier alpha value is -2.31. The van der Waals surface area contributed by atoms with Gasteiger partial charge in [-0.05, 0) is 0 Å². The first kappa shape index (κ1) is 14.1. The molecule has 0 spiro atoms. The van der Waals surface area contributed by atoms with E-state index in [1.165, 1.54) is 19.2 Å². The van der Waals surface area contributed by atoms with Crippen LogP contribution in [0.25, 0.3) is 0 Å². The molecule has 1 atom stereocenters. The molecule has 1 aliphatic rings. The summed E-state index contributed by atoms with van der Waals surface area (Å²) in [5, 5.41) is 19.8. The van der Waals surface area contributed by atoms with Gasteiger partial charge in [-0.1, -0.05) is 6.92 Å². The van der Waals surface area contributed by atoms with E-state index in [2.05, 4.69) is 0 Å². The van der Waals surface area contributed by atoms with Crippen LogP contribution >= 0.6 is 0 Å². The van der Waals surface area contributed by atoms with Crippen molar-refractivity contribution < 1.29 is 19.6 Å². The fourth-order valence-corrected chi connectivity index (χ4v) is 2.22. The van der Waals surface area contributed by atoms with Gasteiger partial charge in [0.25, 0.3) is 5.69 Å². The van der Waals surface area contributed by atoms with Crippen LogP contribution in [0.5, 0.6) is 5.75 Å². The van der Waals surface area contributed by atoms with Crippen molar-refractivity contribution in [3.63, 3.8) is 0 Å². The zero-order valence-corrected chi connectivity index (χ0v) is 11.3. The molecule has 0 amide bonds. The Bertz CT molecular complexity index is 540. The third-order valence-corrected chi connectivity index (χ3v) is 3.69. The molecule has 1 aromatic carbocycles. The number of aliphatic carboxylic acids is 1. The number of nitro benzene ring substituents is 1. The summed E-state index contributed by atoms with van der Waals surface area (Å²) in [5.41, 5.74) is 0.652. The summed E-state index contributed by atoms with van der Waals surface area (Å²) in [6.07, 6.45) is 0. The van der Waals surface area contributed by atoms with Crippen molar-refractivity contribution in [3.05, 3.63) is 28.3 Å². The number of carboxylic acid groups (broad SMARTS) is 1. The second-order valence-electron chi connectivity index (χ2n) is 4.94.